The van der Waals surface area contributed by atoms with E-state index in [0.717, 1.165) is 71.6 Å². The number of nitrogens with zero attached hydrogens (tertiary/aromatic N) is 5. The number of carbonyl (C=O) groups excluding carboxylic acids is 1. The molecule has 1 aliphatic heterocycles. The third kappa shape index (κ3) is 5.37. The van der Waals surface area contributed by atoms with Crippen LogP contribution in [0.15, 0.2) is 61.4 Å². The quantitative estimate of drug-likeness (QED) is 0.250. The Morgan fingerprint density at radius 3 is 2.79 bits per heavy atom. The molecule has 4 aromatic rings. The van der Waals surface area contributed by atoms with Gasteiger partial charge in [0.15, 0.2) is 0 Å². The van der Waals surface area contributed by atoms with Crippen LogP contribution in [0.4, 0.5) is 17.3 Å². The summed E-state index contributed by atoms with van der Waals surface area (Å²) in [4.78, 5) is 25.9. The van der Waals surface area contributed by atoms with E-state index >= 15 is 0 Å². The van der Waals surface area contributed by atoms with Crippen molar-refractivity contribution in [1.29, 1.82) is 0 Å². The number of hydrogen-bond acceptors (Lipinski definition) is 8. The van der Waals surface area contributed by atoms with E-state index in [0.29, 0.717) is 23.9 Å². The Morgan fingerprint density at radius 2 is 2.05 bits per heavy atom. The van der Waals surface area contributed by atoms with Gasteiger partial charge in [0.2, 0.25) is 11.9 Å². The van der Waals surface area contributed by atoms with E-state index in [-0.39, 0.29) is 11.5 Å². The molecule has 1 amide bonds. The van der Waals surface area contributed by atoms with Crippen LogP contribution in [0.5, 0.6) is 11.5 Å². The second kappa shape index (κ2) is 11.0. The highest BCUT2D eigenvalue weighted by atomic mass is 16.5. The highest BCUT2D eigenvalue weighted by Gasteiger charge is 2.48. The summed E-state index contributed by atoms with van der Waals surface area (Å²) in [6.07, 6.45) is 7.40. The molecule has 0 radical (unpaired) electrons. The minimum Gasteiger partial charge on any atom is -0.496 e. The Kier molecular flexibility index (Phi) is 7.24. The monoisotopic (exact) mass is 567 g/mol. The fourth-order valence-corrected chi connectivity index (χ4v) is 5.49. The van der Waals surface area contributed by atoms with Gasteiger partial charge in [0.1, 0.15) is 17.1 Å². The highest BCUT2D eigenvalue weighted by Crippen LogP contribution is 2.49. The molecule has 1 spiro atoms. The maximum atomic E-state index is 12.3. The molecule has 3 heterocycles. The van der Waals surface area contributed by atoms with Crippen LogP contribution in [-0.4, -0.2) is 72.3 Å². The fraction of sp³-hybridized carbons (Fsp3) is 0.344. The van der Waals surface area contributed by atoms with Gasteiger partial charge in [-0.1, -0.05) is 18.7 Å². The summed E-state index contributed by atoms with van der Waals surface area (Å²) in [6, 6.07) is 12.0. The number of benzene rings is 2. The summed E-state index contributed by atoms with van der Waals surface area (Å²) in [5.74, 6) is 1.86. The topological polar surface area (TPSA) is 96.8 Å². The van der Waals surface area contributed by atoms with E-state index in [1.807, 2.05) is 45.4 Å². The van der Waals surface area contributed by atoms with Crippen LogP contribution in [0.2, 0.25) is 0 Å². The van der Waals surface area contributed by atoms with Crippen LogP contribution in [0.3, 0.4) is 0 Å². The Balaban J connectivity index is 1.27. The first-order chi connectivity index (χ1) is 20.3. The molecule has 2 aliphatic rings. The highest BCUT2D eigenvalue weighted by molar-refractivity contribution is 6.01. The van der Waals surface area contributed by atoms with Crippen LogP contribution < -0.4 is 25.0 Å². The molecule has 42 heavy (non-hydrogen) atoms. The van der Waals surface area contributed by atoms with Crippen molar-refractivity contribution in [1.82, 2.24) is 19.4 Å². The molecule has 1 saturated carbocycles. The number of aromatic nitrogens is 3. The lowest BCUT2D eigenvalue weighted by atomic mass is 10.1. The number of para-hydroxylation sites is 1. The van der Waals surface area contributed by atoms with Crippen LogP contribution >= 0.6 is 0 Å². The number of hydrogen-bond donors (Lipinski definition) is 2. The van der Waals surface area contributed by atoms with Gasteiger partial charge in [0.05, 0.1) is 36.2 Å². The van der Waals surface area contributed by atoms with E-state index in [9.17, 15) is 4.79 Å². The first-order valence-corrected chi connectivity index (χ1v) is 14.2. The molecular weight excluding hydrogens is 530 g/mol. The molecule has 0 bridgehead atoms. The van der Waals surface area contributed by atoms with Crippen molar-refractivity contribution in [2.75, 3.05) is 56.9 Å². The van der Waals surface area contributed by atoms with E-state index in [1.165, 1.54) is 6.08 Å². The van der Waals surface area contributed by atoms with E-state index in [1.54, 1.807) is 13.3 Å². The van der Waals surface area contributed by atoms with Gasteiger partial charge in [-0.3, -0.25) is 4.79 Å². The van der Waals surface area contributed by atoms with E-state index in [2.05, 4.69) is 54.9 Å². The first-order valence-electron chi connectivity index (χ1n) is 14.2. The Labute approximate surface area is 246 Å². The summed E-state index contributed by atoms with van der Waals surface area (Å²) in [5.41, 5.74) is 5.35. The first kappa shape index (κ1) is 27.6. The fourth-order valence-electron chi connectivity index (χ4n) is 5.49. The summed E-state index contributed by atoms with van der Waals surface area (Å²) in [6.45, 7) is 6.50. The maximum absolute atomic E-state index is 12.3. The van der Waals surface area contributed by atoms with Gasteiger partial charge in [-0.2, -0.15) is 0 Å². The molecular formula is C32H37N7O3. The van der Waals surface area contributed by atoms with Crippen LogP contribution in [-0.2, 0) is 17.9 Å². The number of rotatable bonds is 11. The maximum Gasteiger partial charge on any atom is 0.247 e. The lowest BCUT2D eigenvalue weighted by molar-refractivity contribution is -0.111. The van der Waals surface area contributed by atoms with Gasteiger partial charge in [-0.15, -0.1) is 0 Å². The van der Waals surface area contributed by atoms with Gasteiger partial charge in [0, 0.05) is 61.7 Å². The van der Waals surface area contributed by atoms with Gasteiger partial charge in [0.25, 0.3) is 0 Å². The molecule has 10 nitrogen and oxygen atoms in total. The largest absolute Gasteiger partial charge is 0.496 e. The minimum absolute atomic E-state index is 0.0459. The Hall–Kier alpha value is -4.57. The average Bonchev–Trinajstić information content (AvgIpc) is 3.63. The lowest BCUT2D eigenvalue weighted by Crippen LogP contribution is -2.29. The van der Waals surface area contributed by atoms with Gasteiger partial charge in [-0.05, 0) is 51.2 Å². The molecule has 10 heteroatoms. The molecule has 2 N–H and O–H groups in total. The standard InChI is InChI=1S/C32H37N7O3/c1-6-29(40)35-25-16-21(28(41-5)17-26(25)38(4)15-14-37(2)3)18-34-31-33-13-10-24(36-31)23-19-39-20-32(11-12-32)42-27-9-7-8-22(23)30(27)39/h6-10,13,16-17,19H,1,11-12,14-15,18,20H2,2-5H3,(H,35,40)(H,33,34,36). The Morgan fingerprint density at radius 1 is 1.21 bits per heavy atom. The molecule has 2 aromatic heterocycles. The smallest absolute Gasteiger partial charge is 0.247 e. The second-order valence-corrected chi connectivity index (χ2v) is 11.3. The molecule has 1 aliphatic carbocycles. The number of methoxy groups -OCH3 is 1. The number of likely N-dealkylation sites (N-methyl/N-ethyl adjacent to an activating group) is 2. The SMILES string of the molecule is C=CC(=O)Nc1cc(CNc2nccc(-c3cn4c5c(cccc35)OC3(CC3)C4)n2)c(OC)cc1N(C)CCN(C)C. The predicted octanol–water partition coefficient (Wildman–Crippen LogP) is 4.77. The molecule has 6 rings (SSSR count). The summed E-state index contributed by atoms with van der Waals surface area (Å²) in [5, 5.41) is 7.43. The second-order valence-electron chi connectivity index (χ2n) is 11.3. The van der Waals surface area contributed by atoms with Crippen molar-refractivity contribution < 1.29 is 14.3 Å². The van der Waals surface area contributed by atoms with Crippen molar-refractivity contribution in [2.24, 2.45) is 0 Å². The van der Waals surface area contributed by atoms with Crippen LogP contribution in [0, 0.1) is 0 Å². The number of amides is 1. The van der Waals surface area contributed by atoms with Crippen molar-refractivity contribution in [2.45, 2.75) is 31.5 Å². The summed E-state index contributed by atoms with van der Waals surface area (Å²) in [7, 11) is 7.71. The van der Waals surface area contributed by atoms with Crippen LogP contribution in [0.1, 0.15) is 18.4 Å². The summed E-state index contributed by atoms with van der Waals surface area (Å²) >= 11 is 0. The molecule has 218 valence electrons. The van der Waals surface area contributed by atoms with Gasteiger partial charge in [-0.25, -0.2) is 9.97 Å². The van der Waals surface area contributed by atoms with Crippen molar-refractivity contribution in [3.05, 3.63) is 67.0 Å². The molecule has 0 atom stereocenters. The number of anilines is 3. The lowest BCUT2D eigenvalue weighted by Gasteiger charge is -2.26. The third-order valence-electron chi connectivity index (χ3n) is 7.96. The zero-order valence-corrected chi connectivity index (χ0v) is 24.6. The van der Waals surface area contributed by atoms with E-state index in [4.69, 9.17) is 14.5 Å². The normalized spacial score (nSPS) is 14.5. The molecule has 1 fully saturated rings. The zero-order chi connectivity index (χ0) is 29.4. The zero-order valence-electron chi connectivity index (χ0n) is 24.6. The van der Waals surface area contributed by atoms with Crippen molar-refractivity contribution in [3.8, 4) is 22.8 Å². The molecule has 0 saturated heterocycles. The number of nitrogens with one attached hydrogen (secondary N) is 2. The van der Waals surface area contributed by atoms with Crippen LogP contribution in [0.25, 0.3) is 22.2 Å². The van der Waals surface area contributed by atoms with Gasteiger partial charge < -0.3 is 34.5 Å². The number of carbonyl (C=O) groups is 1. The summed E-state index contributed by atoms with van der Waals surface area (Å²) < 4.78 is 14.4. The van der Waals surface area contributed by atoms with Crippen molar-refractivity contribution >= 4 is 34.1 Å². The molecule has 0 unspecified atom stereocenters. The van der Waals surface area contributed by atoms with Gasteiger partial charge >= 0.3 is 0 Å². The predicted molar refractivity (Wildman–Crippen MR) is 167 cm³/mol. The minimum atomic E-state index is -0.276. The Bertz CT molecular complexity index is 1660. The third-order valence-corrected chi connectivity index (χ3v) is 7.96. The van der Waals surface area contributed by atoms with Crippen molar-refractivity contribution in [3.63, 3.8) is 0 Å². The average molecular weight is 568 g/mol. The molecule has 2 aromatic carbocycles. The number of ether oxygens (including phenoxy) is 2. The van der Waals surface area contributed by atoms with E-state index < -0.39 is 0 Å².